The third kappa shape index (κ3) is 8.50. The Balaban J connectivity index is 1.27. The highest BCUT2D eigenvalue weighted by Gasteiger charge is 2.55. The van der Waals surface area contributed by atoms with Crippen LogP contribution in [0.25, 0.3) is 11.1 Å². The fourth-order valence-electron chi connectivity index (χ4n) is 9.00. The molecule has 9 heteroatoms. The summed E-state index contributed by atoms with van der Waals surface area (Å²) in [5.74, 6) is -0.823. The fraction of sp³-hybridized carbons (Fsp3) is 0.458. The average Bonchev–Trinajstić information content (AvgIpc) is 3.69. The van der Waals surface area contributed by atoms with Crippen LogP contribution in [-0.2, 0) is 24.5 Å². The summed E-state index contributed by atoms with van der Waals surface area (Å²) >= 11 is 0. The number of nitrogens with one attached hydrogen (secondary N) is 1. The molecule has 300 valence electrons. The highest BCUT2D eigenvalue weighted by Crippen LogP contribution is 2.45. The van der Waals surface area contributed by atoms with Gasteiger partial charge in [-0.3, -0.25) is 24.4 Å². The van der Waals surface area contributed by atoms with Gasteiger partial charge < -0.3 is 14.8 Å². The Morgan fingerprint density at radius 1 is 0.860 bits per heavy atom. The lowest BCUT2D eigenvalue weighted by Crippen LogP contribution is -2.59. The monoisotopic (exact) mass is 770 g/mol. The molecular formula is C48H58N4O5. The lowest BCUT2D eigenvalue weighted by Gasteiger charge is -2.41. The van der Waals surface area contributed by atoms with Gasteiger partial charge >= 0.3 is 6.09 Å². The molecule has 0 bridgehead atoms. The van der Waals surface area contributed by atoms with Crippen molar-refractivity contribution >= 4 is 23.6 Å². The average molecular weight is 771 g/mol. The van der Waals surface area contributed by atoms with Crippen molar-refractivity contribution in [2.24, 2.45) is 0 Å². The zero-order chi connectivity index (χ0) is 40.5. The maximum Gasteiger partial charge on any atom is 0.410 e. The van der Waals surface area contributed by atoms with Crippen LogP contribution >= 0.6 is 0 Å². The van der Waals surface area contributed by atoms with Crippen molar-refractivity contribution in [3.8, 4) is 11.1 Å². The van der Waals surface area contributed by atoms with E-state index in [0.717, 1.165) is 59.9 Å². The predicted molar refractivity (Wildman–Crippen MR) is 224 cm³/mol. The van der Waals surface area contributed by atoms with Gasteiger partial charge in [0.25, 0.3) is 5.91 Å². The first-order chi connectivity index (χ1) is 27.1. The van der Waals surface area contributed by atoms with Crippen LogP contribution in [0, 0.1) is 0 Å². The number of hydrogen-bond donors (Lipinski definition) is 1. The van der Waals surface area contributed by atoms with E-state index in [9.17, 15) is 9.59 Å². The minimum absolute atomic E-state index is 0.00889. The number of hydrogen-bond acceptors (Lipinski definition) is 6. The molecule has 1 aromatic heterocycles. The molecular weight excluding hydrogens is 713 g/mol. The third-order valence-electron chi connectivity index (χ3n) is 11.8. The van der Waals surface area contributed by atoms with Gasteiger partial charge in [0.05, 0.1) is 18.2 Å². The standard InChI is InChI=1S/C48H58N4O5/c1-46(2,3)33-23-25-35(26-24-33)52(42(32-16-15-27-49-29-32)43(53)50-34-17-9-8-10-18-34)44(54)48(7)28-36(57-47(4,5)6)30-51(48)45(55)56-31-41-39-21-13-11-19-37(39)38-20-12-14-22-40(38)41/h11-16,19-27,29,34,36,41-42H,8-10,17-18,28,30-31H2,1-7H3,(H,50,53). The lowest BCUT2D eigenvalue weighted by molar-refractivity contribution is -0.132. The van der Waals surface area contributed by atoms with Gasteiger partial charge in [0.2, 0.25) is 5.91 Å². The Kier molecular flexibility index (Phi) is 11.3. The van der Waals surface area contributed by atoms with E-state index in [1.165, 1.54) is 4.90 Å². The van der Waals surface area contributed by atoms with Crippen molar-refractivity contribution in [2.45, 2.75) is 128 Å². The highest BCUT2D eigenvalue weighted by molar-refractivity contribution is 6.07. The molecule has 2 fully saturated rings. The SMILES string of the molecule is CC(C)(C)OC1CN(C(=O)OCC2c3ccccc3-c3ccccc32)C(C)(C(=O)N(c2ccc(C(C)(C)C)cc2)C(C(=O)NC2CCCCC2)c2cccnc2)C1. The first-order valence-electron chi connectivity index (χ1n) is 20.6. The van der Waals surface area contributed by atoms with E-state index < -0.39 is 35.3 Å². The van der Waals surface area contributed by atoms with E-state index in [1.807, 2.05) is 75.4 Å². The highest BCUT2D eigenvalue weighted by atomic mass is 16.6. The smallest absolute Gasteiger partial charge is 0.410 e. The zero-order valence-corrected chi connectivity index (χ0v) is 34.6. The Morgan fingerprint density at radius 2 is 1.49 bits per heavy atom. The number of nitrogens with zero attached hydrogens (tertiary/aromatic N) is 3. The number of amides is 3. The van der Waals surface area contributed by atoms with E-state index in [4.69, 9.17) is 9.47 Å². The molecule has 7 rings (SSSR count). The largest absolute Gasteiger partial charge is 0.448 e. The van der Waals surface area contributed by atoms with Crippen molar-refractivity contribution in [3.05, 3.63) is 120 Å². The number of benzene rings is 3. The fourth-order valence-corrected chi connectivity index (χ4v) is 9.00. The van der Waals surface area contributed by atoms with Gasteiger partial charge in [0, 0.05) is 42.0 Å². The van der Waals surface area contributed by atoms with Crippen LogP contribution in [0.4, 0.5) is 10.5 Å². The molecule has 3 amide bonds. The molecule has 2 aliphatic carbocycles. The molecule has 57 heavy (non-hydrogen) atoms. The van der Waals surface area contributed by atoms with Crippen molar-refractivity contribution in [1.29, 1.82) is 0 Å². The molecule has 1 N–H and O–H groups in total. The minimum atomic E-state index is -1.44. The van der Waals surface area contributed by atoms with E-state index in [1.54, 1.807) is 30.3 Å². The number of fused-ring (bicyclic) bond motifs is 3. The van der Waals surface area contributed by atoms with Crippen molar-refractivity contribution in [1.82, 2.24) is 15.2 Å². The van der Waals surface area contributed by atoms with Crippen molar-refractivity contribution in [3.63, 3.8) is 0 Å². The lowest BCUT2D eigenvalue weighted by atomic mass is 9.86. The maximum absolute atomic E-state index is 15.8. The molecule has 9 nitrogen and oxygen atoms in total. The van der Waals surface area contributed by atoms with Crippen molar-refractivity contribution in [2.75, 3.05) is 18.1 Å². The van der Waals surface area contributed by atoms with E-state index in [2.05, 4.69) is 55.3 Å². The summed E-state index contributed by atoms with van der Waals surface area (Å²) in [6.07, 6.45) is 7.48. The molecule has 3 atom stereocenters. The molecule has 2 heterocycles. The molecule has 1 saturated carbocycles. The molecule has 3 aliphatic rings. The number of likely N-dealkylation sites (tertiary alicyclic amines) is 1. The number of pyridine rings is 1. The second kappa shape index (κ2) is 16.1. The van der Waals surface area contributed by atoms with Gasteiger partial charge in [-0.25, -0.2) is 4.79 Å². The predicted octanol–water partition coefficient (Wildman–Crippen LogP) is 9.50. The molecule has 0 spiro atoms. The molecule has 3 unspecified atom stereocenters. The first-order valence-corrected chi connectivity index (χ1v) is 20.6. The minimum Gasteiger partial charge on any atom is -0.448 e. The number of rotatable bonds is 9. The van der Waals surface area contributed by atoms with Crippen molar-refractivity contribution < 1.29 is 23.9 Å². The topological polar surface area (TPSA) is 101 Å². The van der Waals surface area contributed by atoms with Crippen LogP contribution in [0.15, 0.2) is 97.3 Å². The number of carbonyl (C=O) groups is 3. The van der Waals surface area contributed by atoms with E-state index >= 15 is 4.79 Å². The molecule has 1 aliphatic heterocycles. The van der Waals surface area contributed by atoms with E-state index in [-0.39, 0.29) is 42.9 Å². The van der Waals surface area contributed by atoms with Gasteiger partial charge in [-0.05, 0) is 92.0 Å². The Bertz CT molecular complexity index is 2020. The second-order valence-electron chi connectivity index (χ2n) is 18.2. The van der Waals surface area contributed by atoms with Crippen LogP contribution in [0.3, 0.4) is 0 Å². The third-order valence-corrected chi connectivity index (χ3v) is 11.8. The molecule has 1 saturated heterocycles. The quantitative estimate of drug-likeness (QED) is 0.182. The summed E-state index contributed by atoms with van der Waals surface area (Å²) < 4.78 is 12.8. The second-order valence-corrected chi connectivity index (χ2v) is 18.2. The zero-order valence-electron chi connectivity index (χ0n) is 34.6. The summed E-state index contributed by atoms with van der Waals surface area (Å²) in [6, 6.07) is 26.9. The van der Waals surface area contributed by atoms with Crippen LogP contribution in [0.1, 0.15) is 121 Å². The van der Waals surface area contributed by atoms with Gasteiger partial charge in [-0.1, -0.05) is 107 Å². The van der Waals surface area contributed by atoms with E-state index in [0.29, 0.717) is 11.3 Å². The summed E-state index contributed by atoms with van der Waals surface area (Å²) in [4.78, 5) is 52.6. The van der Waals surface area contributed by atoms with Crippen LogP contribution in [-0.4, -0.2) is 64.2 Å². The van der Waals surface area contributed by atoms with Crippen LogP contribution in [0.2, 0.25) is 0 Å². The maximum atomic E-state index is 15.8. The number of carbonyl (C=O) groups excluding carboxylic acids is 3. The molecule has 4 aromatic rings. The Labute approximate surface area is 338 Å². The van der Waals surface area contributed by atoms with Gasteiger partial charge in [0.15, 0.2) is 0 Å². The number of aromatic nitrogens is 1. The molecule has 0 radical (unpaired) electrons. The summed E-state index contributed by atoms with van der Waals surface area (Å²) in [5, 5.41) is 3.31. The summed E-state index contributed by atoms with van der Waals surface area (Å²) in [7, 11) is 0. The summed E-state index contributed by atoms with van der Waals surface area (Å²) in [5.41, 5.74) is 4.59. The van der Waals surface area contributed by atoms with Gasteiger partial charge in [0.1, 0.15) is 18.2 Å². The Morgan fingerprint density at radius 3 is 2.07 bits per heavy atom. The van der Waals surface area contributed by atoms with Crippen LogP contribution in [0.5, 0.6) is 0 Å². The van der Waals surface area contributed by atoms with Crippen LogP contribution < -0.4 is 10.2 Å². The first kappa shape index (κ1) is 40.2. The normalized spacial score (nSPS) is 20.4. The number of ether oxygens (including phenoxy) is 2. The summed E-state index contributed by atoms with van der Waals surface area (Å²) in [6.45, 7) is 14.4. The van der Waals surface area contributed by atoms with Gasteiger partial charge in [-0.15, -0.1) is 0 Å². The van der Waals surface area contributed by atoms with Gasteiger partial charge in [-0.2, -0.15) is 0 Å². The molecule has 3 aromatic carbocycles. The number of anilines is 1. The Hall–Kier alpha value is -5.02.